The van der Waals surface area contributed by atoms with Crippen LogP contribution < -0.4 is 15.5 Å². The summed E-state index contributed by atoms with van der Waals surface area (Å²) in [6, 6.07) is 10.2. The predicted molar refractivity (Wildman–Crippen MR) is 114 cm³/mol. The van der Waals surface area contributed by atoms with Crippen molar-refractivity contribution >= 4 is 46.2 Å². The third-order valence-electron chi connectivity index (χ3n) is 5.49. The summed E-state index contributed by atoms with van der Waals surface area (Å²) in [4.78, 5) is 15.1. The van der Waals surface area contributed by atoms with Crippen molar-refractivity contribution in [2.45, 2.75) is 24.0 Å². The molecule has 0 spiro atoms. The highest BCUT2D eigenvalue weighted by molar-refractivity contribution is 7.92. The first kappa shape index (κ1) is 24.0. The topological polar surface area (TPSA) is 78.5 Å². The van der Waals surface area contributed by atoms with Crippen LogP contribution in [0.15, 0.2) is 30.3 Å². The second kappa shape index (κ2) is 9.96. The standard InChI is InChI=1S/C18H27N3O3S.2ClH/c1-25(23,24)18(8-10-19-11-9-18)17(22)20-13-15-7-12-21(14-15)16-5-3-2-4-6-16;;/h2-6,15,19H,7-14H2,1H3,(H,20,22);2*1H. The second-order valence-corrected chi connectivity index (χ2v) is 9.49. The molecule has 0 bridgehead atoms. The number of carbonyl (C=O) groups is 1. The lowest BCUT2D eigenvalue weighted by Crippen LogP contribution is -2.57. The number of amides is 1. The number of sulfone groups is 1. The maximum Gasteiger partial charge on any atom is 0.241 e. The molecule has 2 aliphatic rings. The molecule has 3 rings (SSSR count). The lowest BCUT2D eigenvalue weighted by atomic mass is 9.95. The van der Waals surface area contributed by atoms with Crippen LogP contribution in [0.4, 0.5) is 5.69 Å². The van der Waals surface area contributed by atoms with Crippen LogP contribution >= 0.6 is 24.8 Å². The first-order valence-electron chi connectivity index (χ1n) is 8.91. The average molecular weight is 438 g/mol. The Morgan fingerprint density at radius 1 is 1.22 bits per heavy atom. The van der Waals surface area contributed by atoms with Crippen LogP contribution in [0, 0.1) is 5.92 Å². The Morgan fingerprint density at radius 3 is 2.44 bits per heavy atom. The summed E-state index contributed by atoms with van der Waals surface area (Å²) in [7, 11) is -3.45. The minimum absolute atomic E-state index is 0. The molecule has 2 heterocycles. The molecule has 0 aromatic heterocycles. The van der Waals surface area contributed by atoms with Crippen molar-refractivity contribution in [1.29, 1.82) is 0 Å². The molecule has 2 fully saturated rings. The minimum Gasteiger partial charge on any atom is -0.371 e. The Hall–Kier alpha value is -1.02. The third kappa shape index (κ3) is 5.28. The van der Waals surface area contributed by atoms with Gasteiger partial charge in [0, 0.05) is 31.6 Å². The molecule has 1 aromatic rings. The zero-order chi connectivity index (χ0) is 17.9. The monoisotopic (exact) mass is 437 g/mol. The van der Waals surface area contributed by atoms with Crippen molar-refractivity contribution in [2.75, 3.05) is 43.9 Å². The summed E-state index contributed by atoms with van der Waals surface area (Å²) in [5.41, 5.74) is 1.20. The Kier molecular flexibility index (Phi) is 8.86. The number of piperidine rings is 1. The zero-order valence-electron chi connectivity index (χ0n) is 15.5. The highest BCUT2D eigenvalue weighted by Gasteiger charge is 2.48. The number of rotatable bonds is 5. The van der Waals surface area contributed by atoms with Gasteiger partial charge < -0.3 is 15.5 Å². The van der Waals surface area contributed by atoms with Crippen LogP contribution in [0.1, 0.15) is 19.3 Å². The molecule has 6 nitrogen and oxygen atoms in total. The number of anilines is 1. The van der Waals surface area contributed by atoms with Crippen LogP contribution in [0.2, 0.25) is 0 Å². The van der Waals surface area contributed by atoms with Gasteiger partial charge in [-0.1, -0.05) is 18.2 Å². The first-order valence-corrected chi connectivity index (χ1v) is 10.8. The van der Waals surface area contributed by atoms with E-state index < -0.39 is 14.6 Å². The van der Waals surface area contributed by atoms with Gasteiger partial charge in [-0.2, -0.15) is 0 Å². The SMILES string of the molecule is CS(=O)(=O)C1(C(=O)NCC2CCN(c3ccccc3)C2)CCNCC1.Cl.Cl. The van der Waals surface area contributed by atoms with Gasteiger partial charge in [0.25, 0.3) is 0 Å². The smallest absolute Gasteiger partial charge is 0.241 e. The lowest BCUT2D eigenvalue weighted by molar-refractivity contribution is -0.124. The Labute approximate surface area is 174 Å². The number of nitrogens with one attached hydrogen (secondary N) is 2. The molecule has 2 saturated heterocycles. The van der Waals surface area contributed by atoms with Crippen molar-refractivity contribution in [2.24, 2.45) is 5.92 Å². The average Bonchev–Trinajstić information content (AvgIpc) is 3.09. The normalized spacial score (nSPS) is 21.7. The van der Waals surface area contributed by atoms with Gasteiger partial charge in [0.2, 0.25) is 5.91 Å². The molecular formula is C18H29Cl2N3O3S. The van der Waals surface area contributed by atoms with E-state index in [0.29, 0.717) is 38.4 Å². The lowest BCUT2D eigenvalue weighted by Gasteiger charge is -2.34. The number of hydrogen-bond acceptors (Lipinski definition) is 5. The van der Waals surface area contributed by atoms with Crippen LogP contribution in [0.3, 0.4) is 0 Å². The Bertz CT molecular complexity index is 710. The fourth-order valence-electron chi connectivity index (χ4n) is 3.87. The third-order valence-corrected chi connectivity index (χ3v) is 7.51. The van der Waals surface area contributed by atoms with E-state index in [1.54, 1.807) is 0 Å². The molecule has 1 amide bonds. The summed E-state index contributed by atoms with van der Waals surface area (Å²) in [5, 5.41) is 6.08. The molecule has 9 heteroatoms. The maximum absolute atomic E-state index is 12.7. The van der Waals surface area contributed by atoms with Gasteiger partial charge >= 0.3 is 0 Å². The molecule has 1 atom stereocenters. The van der Waals surface area contributed by atoms with Crippen LogP contribution in [0.5, 0.6) is 0 Å². The van der Waals surface area contributed by atoms with Gasteiger partial charge in [0.05, 0.1) is 0 Å². The maximum atomic E-state index is 12.7. The number of para-hydroxylation sites is 1. The number of halogens is 2. The molecule has 2 aliphatic heterocycles. The molecule has 0 radical (unpaired) electrons. The molecular weight excluding hydrogens is 409 g/mol. The van der Waals surface area contributed by atoms with Gasteiger partial charge in [-0.05, 0) is 50.4 Å². The molecule has 154 valence electrons. The number of nitrogens with zero attached hydrogens (tertiary/aromatic N) is 1. The number of hydrogen-bond donors (Lipinski definition) is 2. The fraction of sp³-hybridized carbons (Fsp3) is 0.611. The first-order chi connectivity index (χ1) is 11.9. The fourth-order valence-corrected chi connectivity index (χ4v) is 5.22. The molecule has 0 saturated carbocycles. The van der Waals surface area contributed by atoms with E-state index in [1.807, 2.05) is 18.2 Å². The van der Waals surface area contributed by atoms with E-state index in [2.05, 4.69) is 27.7 Å². The quantitative estimate of drug-likeness (QED) is 0.731. The largest absolute Gasteiger partial charge is 0.371 e. The second-order valence-electron chi connectivity index (χ2n) is 7.16. The molecule has 1 unspecified atom stereocenters. The predicted octanol–water partition coefficient (Wildman–Crippen LogP) is 1.64. The number of carbonyl (C=O) groups excluding carboxylic acids is 1. The van der Waals surface area contributed by atoms with Crippen molar-refractivity contribution in [3.63, 3.8) is 0 Å². The van der Waals surface area contributed by atoms with E-state index >= 15 is 0 Å². The Balaban J connectivity index is 0.00000182. The summed E-state index contributed by atoms with van der Waals surface area (Å²) in [6.07, 6.45) is 2.88. The van der Waals surface area contributed by atoms with E-state index in [4.69, 9.17) is 0 Å². The van der Waals surface area contributed by atoms with E-state index in [1.165, 1.54) is 11.9 Å². The zero-order valence-corrected chi connectivity index (χ0v) is 18.0. The van der Waals surface area contributed by atoms with Gasteiger partial charge in [0.15, 0.2) is 14.6 Å². The highest BCUT2D eigenvalue weighted by atomic mass is 35.5. The molecule has 27 heavy (non-hydrogen) atoms. The van der Waals surface area contributed by atoms with Crippen LogP contribution in [-0.4, -0.2) is 58.1 Å². The van der Waals surface area contributed by atoms with E-state index in [0.717, 1.165) is 19.5 Å². The van der Waals surface area contributed by atoms with Crippen molar-refractivity contribution in [1.82, 2.24) is 10.6 Å². The van der Waals surface area contributed by atoms with Crippen molar-refractivity contribution in [3.8, 4) is 0 Å². The van der Waals surface area contributed by atoms with Gasteiger partial charge in [-0.3, -0.25) is 4.79 Å². The van der Waals surface area contributed by atoms with Gasteiger partial charge in [0.1, 0.15) is 0 Å². The molecule has 1 aromatic carbocycles. The van der Waals surface area contributed by atoms with Crippen LogP contribution in [-0.2, 0) is 14.6 Å². The van der Waals surface area contributed by atoms with E-state index in [-0.39, 0.29) is 30.7 Å². The van der Waals surface area contributed by atoms with Gasteiger partial charge in [-0.15, -0.1) is 24.8 Å². The summed E-state index contributed by atoms with van der Waals surface area (Å²) in [5.74, 6) is 0.0251. The number of benzene rings is 1. The summed E-state index contributed by atoms with van der Waals surface area (Å²) in [6.45, 7) is 3.51. The van der Waals surface area contributed by atoms with Crippen molar-refractivity contribution < 1.29 is 13.2 Å². The summed E-state index contributed by atoms with van der Waals surface area (Å²) < 4.78 is 23.3. The molecule has 2 N–H and O–H groups in total. The van der Waals surface area contributed by atoms with Crippen molar-refractivity contribution in [3.05, 3.63) is 30.3 Å². The Morgan fingerprint density at radius 2 is 1.85 bits per heavy atom. The minimum atomic E-state index is -3.45. The highest BCUT2D eigenvalue weighted by Crippen LogP contribution is 2.28. The summed E-state index contributed by atoms with van der Waals surface area (Å²) >= 11 is 0. The van der Waals surface area contributed by atoms with Gasteiger partial charge in [-0.25, -0.2) is 8.42 Å². The molecule has 0 aliphatic carbocycles. The van der Waals surface area contributed by atoms with E-state index in [9.17, 15) is 13.2 Å². The van der Waals surface area contributed by atoms with Crippen LogP contribution in [0.25, 0.3) is 0 Å².